The van der Waals surface area contributed by atoms with Crippen molar-refractivity contribution in [1.82, 2.24) is 10.3 Å². The van der Waals surface area contributed by atoms with Crippen LogP contribution in [0.3, 0.4) is 0 Å². The van der Waals surface area contributed by atoms with E-state index in [0.29, 0.717) is 12.1 Å². The van der Waals surface area contributed by atoms with Crippen molar-refractivity contribution in [2.75, 3.05) is 4.72 Å². The van der Waals surface area contributed by atoms with E-state index in [-0.39, 0.29) is 10.6 Å². The van der Waals surface area contributed by atoms with Gasteiger partial charge in [0.2, 0.25) is 0 Å². The molecule has 1 aromatic carbocycles. The van der Waals surface area contributed by atoms with Crippen molar-refractivity contribution in [1.29, 1.82) is 0 Å². The van der Waals surface area contributed by atoms with Gasteiger partial charge in [0.05, 0.1) is 5.69 Å². The molecule has 2 rings (SSSR count). The largest absolute Gasteiger partial charge is 0.477 e. The Morgan fingerprint density at radius 1 is 1.11 bits per heavy atom. The van der Waals surface area contributed by atoms with Crippen LogP contribution in [0.25, 0.3) is 0 Å². The van der Waals surface area contributed by atoms with Gasteiger partial charge in [0.25, 0.3) is 15.9 Å². The fourth-order valence-electron chi connectivity index (χ4n) is 2.13. The molecule has 1 aromatic heterocycles. The zero-order valence-corrected chi connectivity index (χ0v) is 15.9. The lowest BCUT2D eigenvalue weighted by atomic mass is 10.1. The SMILES string of the molecule is CC(C)(C)NC(=O)c1ccc(S(=O)(=O)Nc2cc(F)c(C(=O)O)c(F)c2)cn1. The fourth-order valence-corrected chi connectivity index (χ4v) is 3.11. The molecule has 28 heavy (non-hydrogen) atoms. The number of nitrogens with one attached hydrogen (secondary N) is 2. The summed E-state index contributed by atoms with van der Waals surface area (Å²) in [5.74, 6) is -5.19. The number of carbonyl (C=O) groups excluding carboxylic acids is 1. The molecule has 0 spiro atoms. The molecule has 1 amide bonds. The number of hydrogen-bond acceptors (Lipinski definition) is 5. The molecular formula is C17H17F2N3O5S. The lowest BCUT2D eigenvalue weighted by molar-refractivity contribution is 0.0686. The summed E-state index contributed by atoms with van der Waals surface area (Å²) in [5, 5.41) is 11.4. The molecule has 0 fully saturated rings. The first-order valence-corrected chi connectivity index (χ1v) is 9.32. The van der Waals surface area contributed by atoms with Crippen LogP contribution in [-0.2, 0) is 10.0 Å². The molecule has 150 valence electrons. The molecular weight excluding hydrogens is 396 g/mol. The van der Waals surface area contributed by atoms with Crippen LogP contribution in [-0.4, -0.2) is 35.9 Å². The van der Waals surface area contributed by atoms with E-state index >= 15 is 0 Å². The number of nitrogens with zero attached hydrogens (tertiary/aromatic N) is 1. The summed E-state index contributed by atoms with van der Waals surface area (Å²) in [5.41, 5.74) is -2.23. The molecule has 0 aliphatic heterocycles. The highest BCUT2D eigenvalue weighted by atomic mass is 32.2. The van der Waals surface area contributed by atoms with Crippen molar-refractivity contribution >= 4 is 27.6 Å². The summed E-state index contributed by atoms with van der Waals surface area (Å²) in [6.45, 7) is 5.30. The molecule has 0 saturated carbocycles. The molecule has 0 aliphatic rings. The zero-order chi connectivity index (χ0) is 21.3. The van der Waals surface area contributed by atoms with Crippen molar-refractivity contribution < 1.29 is 31.9 Å². The lowest BCUT2D eigenvalue weighted by Crippen LogP contribution is -2.40. The summed E-state index contributed by atoms with van der Waals surface area (Å²) >= 11 is 0. The van der Waals surface area contributed by atoms with Crippen LogP contribution < -0.4 is 10.0 Å². The number of rotatable bonds is 5. The first-order valence-electron chi connectivity index (χ1n) is 7.84. The third-order valence-electron chi connectivity index (χ3n) is 3.28. The second kappa shape index (κ2) is 7.50. The Bertz CT molecular complexity index is 1010. The van der Waals surface area contributed by atoms with Crippen molar-refractivity contribution in [3.63, 3.8) is 0 Å². The van der Waals surface area contributed by atoms with E-state index in [2.05, 4.69) is 10.3 Å². The number of halogens is 2. The first-order chi connectivity index (χ1) is 12.8. The summed E-state index contributed by atoms with van der Waals surface area (Å²) in [7, 11) is -4.28. The van der Waals surface area contributed by atoms with E-state index < -0.39 is 50.3 Å². The van der Waals surface area contributed by atoms with Gasteiger partial charge < -0.3 is 10.4 Å². The van der Waals surface area contributed by atoms with Gasteiger partial charge in [-0.05, 0) is 45.0 Å². The van der Waals surface area contributed by atoms with E-state index in [9.17, 15) is 26.8 Å². The Morgan fingerprint density at radius 2 is 1.68 bits per heavy atom. The Kier molecular flexibility index (Phi) is 5.69. The molecule has 11 heteroatoms. The van der Waals surface area contributed by atoms with Crippen LogP contribution in [0.4, 0.5) is 14.5 Å². The predicted molar refractivity (Wildman–Crippen MR) is 95.6 cm³/mol. The maximum Gasteiger partial charge on any atom is 0.341 e. The summed E-state index contributed by atoms with van der Waals surface area (Å²) in [4.78, 5) is 26.2. The molecule has 2 aromatic rings. The third-order valence-corrected chi connectivity index (χ3v) is 4.64. The summed E-state index contributed by atoms with van der Waals surface area (Å²) < 4.78 is 54.0. The monoisotopic (exact) mass is 413 g/mol. The van der Waals surface area contributed by atoms with Crippen LogP contribution >= 0.6 is 0 Å². The first kappa shape index (κ1) is 21.2. The number of sulfonamides is 1. The Balaban J connectivity index is 2.26. The number of amides is 1. The minimum Gasteiger partial charge on any atom is -0.477 e. The summed E-state index contributed by atoms with van der Waals surface area (Å²) in [6.07, 6.45) is 0.915. The highest BCUT2D eigenvalue weighted by molar-refractivity contribution is 7.92. The standard InChI is InChI=1S/C17H17F2N3O5S/c1-17(2,3)21-15(23)13-5-4-10(8-20-13)28(26,27)22-9-6-11(18)14(16(24)25)12(19)7-9/h4-8,22H,1-3H3,(H,21,23)(H,24,25). The predicted octanol–water partition coefficient (Wildman–Crippen LogP) is 2.39. The second-order valence-electron chi connectivity index (χ2n) is 6.81. The minimum absolute atomic E-state index is 0.0169. The number of aromatic nitrogens is 1. The van der Waals surface area contributed by atoms with E-state index in [1.165, 1.54) is 6.07 Å². The number of aromatic carboxylic acids is 1. The molecule has 0 unspecified atom stereocenters. The minimum atomic E-state index is -4.28. The van der Waals surface area contributed by atoms with Crippen molar-refractivity contribution in [3.05, 3.63) is 53.4 Å². The smallest absolute Gasteiger partial charge is 0.341 e. The van der Waals surface area contributed by atoms with Crippen LogP contribution in [0, 0.1) is 11.6 Å². The van der Waals surface area contributed by atoms with E-state index in [0.717, 1.165) is 12.3 Å². The molecule has 0 bridgehead atoms. The van der Waals surface area contributed by atoms with Gasteiger partial charge in [-0.25, -0.2) is 27.0 Å². The molecule has 0 saturated heterocycles. The zero-order valence-electron chi connectivity index (χ0n) is 15.1. The lowest BCUT2D eigenvalue weighted by Gasteiger charge is -2.20. The highest BCUT2D eigenvalue weighted by Gasteiger charge is 2.22. The number of carbonyl (C=O) groups is 2. The maximum atomic E-state index is 13.7. The topological polar surface area (TPSA) is 125 Å². The van der Waals surface area contributed by atoms with Crippen LogP contribution in [0.15, 0.2) is 35.4 Å². The quantitative estimate of drug-likeness (QED) is 0.691. The molecule has 0 atom stereocenters. The number of carboxylic acid groups (broad SMARTS) is 1. The average molecular weight is 413 g/mol. The number of hydrogen-bond donors (Lipinski definition) is 3. The van der Waals surface area contributed by atoms with Crippen molar-refractivity contribution in [3.8, 4) is 0 Å². The molecule has 0 radical (unpaired) electrons. The van der Waals surface area contributed by atoms with E-state index in [4.69, 9.17) is 5.11 Å². The second-order valence-corrected chi connectivity index (χ2v) is 8.49. The number of anilines is 1. The van der Waals surface area contributed by atoms with Crippen LogP contribution in [0.2, 0.25) is 0 Å². The van der Waals surface area contributed by atoms with Crippen molar-refractivity contribution in [2.24, 2.45) is 0 Å². The van der Waals surface area contributed by atoms with E-state index in [1.807, 2.05) is 4.72 Å². The maximum absolute atomic E-state index is 13.7. The Morgan fingerprint density at radius 3 is 2.11 bits per heavy atom. The molecule has 3 N–H and O–H groups in total. The Hall–Kier alpha value is -3.08. The van der Waals surface area contributed by atoms with Gasteiger partial charge in [-0.1, -0.05) is 0 Å². The van der Waals surface area contributed by atoms with Gasteiger partial charge in [0, 0.05) is 11.7 Å². The highest BCUT2D eigenvalue weighted by Crippen LogP contribution is 2.22. The summed E-state index contributed by atoms with van der Waals surface area (Å²) in [6, 6.07) is 3.38. The third kappa shape index (κ3) is 5.00. The van der Waals surface area contributed by atoms with Crippen LogP contribution in [0.5, 0.6) is 0 Å². The number of pyridine rings is 1. The average Bonchev–Trinajstić information content (AvgIpc) is 2.51. The van der Waals surface area contributed by atoms with Crippen molar-refractivity contribution in [2.45, 2.75) is 31.2 Å². The fraction of sp³-hybridized carbons (Fsp3) is 0.235. The molecule has 1 heterocycles. The van der Waals surface area contributed by atoms with Gasteiger partial charge in [0.15, 0.2) is 0 Å². The number of carboxylic acids is 1. The van der Waals surface area contributed by atoms with E-state index in [1.54, 1.807) is 20.8 Å². The van der Waals surface area contributed by atoms with Gasteiger partial charge in [-0.15, -0.1) is 0 Å². The Labute approximate surface area is 159 Å². The molecule has 0 aliphatic carbocycles. The van der Waals surface area contributed by atoms with Gasteiger partial charge >= 0.3 is 5.97 Å². The van der Waals surface area contributed by atoms with Gasteiger partial charge in [0.1, 0.15) is 27.8 Å². The van der Waals surface area contributed by atoms with Crippen LogP contribution in [0.1, 0.15) is 41.6 Å². The molecule has 8 nitrogen and oxygen atoms in total. The number of benzene rings is 1. The normalized spacial score (nSPS) is 11.8. The van der Waals surface area contributed by atoms with Gasteiger partial charge in [-0.3, -0.25) is 9.52 Å². The van der Waals surface area contributed by atoms with Gasteiger partial charge in [-0.2, -0.15) is 0 Å².